The molecule has 0 fully saturated rings. The Morgan fingerprint density at radius 1 is 1.09 bits per heavy atom. The minimum atomic E-state index is -3.90. The van der Waals surface area contributed by atoms with Crippen molar-refractivity contribution in [1.82, 2.24) is 10.2 Å². The predicted octanol–water partition coefficient (Wildman–Crippen LogP) is 4.40. The highest BCUT2D eigenvalue weighted by molar-refractivity contribution is 7.92. The summed E-state index contributed by atoms with van der Waals surface area (Å²) in [4.78, 5) is 27.9. The van der Waals surface area contributed by atoms with E-state index in [-0.39, 0.29) is 28.2 Å². The summed E-state index contributed by atoms with van der Waals surface area (Å²) in [6.45, 7) is 8.65. The number of rotatable bonds is 8. The highest BCUT2D eigenvalue weighted by Crippen LogP contribution is 2.31. The topological polar surface area (TPSA) is 86.8 Å². The van der Waals surface area contributed by atoms with Crippen LogP contribution in [-0.4, -0.2) is 49.5 Å². The lowest BCUT2D eigenvalue weighted by atomic mass is 10.1. The largest absolute Gasteiger partial charge is 0.350 e. The number of hydrogen-bond donors (Lipinski definition) is 1. The van der Waals surface area contributed by atoms with Crippen molar-refractivity contribution < 1.29 is 18.0 Å². The van der Waals surface area contributed by atoms with Gasteiger partial charge < -0.3 is 10.2 Å². The van der Waals surface area contributed by atoms with Gasteiger partial charge in [-0.2, -0.15) is 0 Å². The average Bonchev–Trinajstić information content (AvgIpc) is 2.70. The number of nitrogens with one attached hydrogen (secondary N) is 1. The van der Waals surface area contributed by atoms with Crippen LogP contribution in [-0.2, 0) is 26.2 Å². The summed E-state index contributed by atoms with van der Waals surface area (Å²) in [5.41, 5.74) is 1.38. The van der Waals surface area contributed by atoms with Gasteiger partial charge in [-0.25, -0.2) is 8.42 Å². The lowest BCUT2D eigenvalue weighted by Gasteiger charge is -2.33. The summed E-state index contributed by atoms with van der Waals surface area (Å²) in [6, 6.07) is 11.0. The first-order chi connectivity index (χ1) is 15.6. The number of carbonyl (C=O) groups excluding carboxylic acids is 2. The van der Waals surface area contributed by atoms with Gasteiger partial charge in [0, 0.05) is 17.1 Å². The maximum absolute atomic E-state index is 13.6. The Bertz CT molecular complexity index is 1160. The van der Waals surface area contributed by atoms with Gasteiger partial charge in [0.05, 0.1) is 17.0 Å². The van der Waals surface area contributed by atoms with Crippen LogP contribution in [0.3, 0.4) is 0 Å². The zero-order valence-electron chi connectivity index (χ0n) is 20.2. The first-order valence-electron chi connectivity index (χ1n) is 10.7. The minimum Gasteiger partial charge on any atom is -0.350 e. The van der Waals surface area contributed by atoms with Crippen molar-refractivity contribution in [2.75, 3.05) is 17.1 Å². The molecule has 2 aromatic rings. The van der Waals surface area contributed by atoms with Gasteiger partial charge in [-0.05, 0) is 63.9 Å². The van der Waals surface area contributed by atoms with Crippen LogP contribution in [0.4, 0.5) is 5.69 Å². The van der Waals surface area contributed by atoms with E-state index >= 15 is 0 Å². The monoisotopic (exact) mass is 527 g/mol. The molecule has 0 saturated heterocycles. The van der Waals surface area contributed by atoms with E-state index in [9.17, 15) is 18.0 Å². The molecule has 1 N–H and O–H groups in total. The Balaban J connectivity index is 2.47. The van der Waals surface area contributed by atoms with Gasteiger partial charge in [0.2, 0.25) is 21.8 Å². The lowest BCUT2D eigenvalue weighted by Crippen LogP contribution is -2.54. The summed E-state index contributed by atoms with van der Waals surface area (Å²) in [5.74, 6) is -0.901. The third-order valence-corrected chi connectivity index (χ3v) is 6.80. The van der Waals surface area contributed by atoms with E-state index in [0.717, 1.165) is 21.7 Å². The predicted molar refractivity (Wildman–Crippen MR) is 138 cm³/mol. The van der Waals surface area contributed by atoms with Crippen molar-refractivity contribution in [3.05, 3.63) is 63.6 Å². The molecule has 0 radical (unpaired) electrons. The quantitative estimate of drug-likeness (QED) is 0.551. The van der Waals surface area contributed by atoms with Crippen molar-refractivity contribution in [3.8, 4) is 0 Å². The summed E-state index contributed by atoms with van der Waals surface area (Å²) in [7, 11) is -3.90. The van der Waals surface area contributed by atoms with Gasteiger partial charge >= 0.3 is 0 Å². The zero-order chi connectivity index (χ0) is 25.8. The molecule has 0 saturated carbocycles. The number of amides is 2. The van der Waals surface area contributed by atoms with E-state index in [2.05, 4.69) is 5.32 Å². The molecule has 0 aliphatic carbocycles. The fourth-order valence-corrected chi connectivity index (χ4v) is 4.59. The van der Waals surface area contributed by atoms with Crippen molar-refractivity contribution in [2.24, 2.45) is 0 Å². The molecule has 0 heterocycles. The molecule has 1 atom stereocenters. The highest BCUT2D eigenvalue weighted by Gasteiger charge is 2.32. The smallest absolute Gasteiger partial charge is 0.244 e. The SMILES string of the molecule is Cc1ccccc1CN(C(=O)CN(c1cc(Cl)ccc1Cl)S(C)(=O)=O)C(C)C(=O)NC(C)(C)C. The van der Waals surface area contributed by atoms with Crippen LogP contribution in [0.25, 0.3) is 0 Å². The number of carbonyl (C=O) groups is 2. The Hall–Kier alpha value is -2.29. The Labute approximate surface area is 212 Å². The first kappa shape index (κ1) is 28.0. The normalized spacial score (nSPS) is 12.7. The van der Waals surface area contributed by atoms with E-state index in [1.54, 1.807) is 6.92 Å². The Kier molecular flexibility index (Phi) is 9.02. The molecule has 7 nitrogen and oxygen atoms in total. The van der Waals surface area contributed by atoms with E-state index in [1.807, 2.05) is 52.0 Å². The second-order valence-electron chi connectivity index (χ2n) is 9.23. The fourth-order valence-electron chi connectivity index (χ4n) is 3.30. The number of benzene rings is 2. The second kappa shape index (κ2) is 11.0. The molecule has 1 unspecified atom stereocenters. The molecule has 0 aromatic heterocycles. The molecule has 0 aliphatic rings. The summed E-state index contributed by atoms with van der Waals surface area (Å²) in [6.07, 6.45) is 0.985. The number of halogens is 2. The second-order valence-corrected chi connectivity index (χ2v) is 12.0. The van der Waals surface area contributed by atoms with E-state index in [0.29, 0.717) is 0 Å². The Morgan fingerprint density at radius 2 is 1.71 bits per heavy atom. The van der Waals surface area contributed by atoms with Crippen LogP contribution >= 0.6 is 23.2 Å². The molecule has 2 amide bonds. The van der Waals surface area contributed by atoms with Gasteiger partial charge in [0.1, 0.15) is 12.6 Å². The van der Waals surface area contributed by atoms with Gasteiger partial charge in [0.25, 0.3) is 0 Å². The minimum absolute atomic E-state index is 0.0904. The highest BCUT2D eigenvalue weighted by atomic mass is 35.5. The van der Waals surface area contributed by atoms with E-state index < -0.39 is 34.1 Å². The molecule has 34 heavy (non-hydrogen) atoms. The lowest BCUT2D eigenvalue weighted by molar-refractivity contribution is -0.140. The summed E-state index contributed by atoms with van der Waals surface area (Å²) < 4.78 is 26.2. The molecule has 0 spiro atoms. The standard InChI is InChI=1S/C24H31Cl2N3O4S/c1-16-9-7-8-10-18(16)14-28(17(2)23(31)27-24(3,4)5)22(30)15-29(34(6,32)33)21-13-19(25)11-12-20(21)26/h7-13,17H,14-15H2,1-6H3,(H,27,31). The van der Waals surface area contributed by atoms with Gasteiger partial charge in [-0.3, -0.25) is 13.9 Å². The maximum atomic E-state index is 13.6. The molecule has 10 heteroatoms. The molecule has 2 rings (SSSR count). The summed E-state index contributed by atoms with van der Waals surface area (Å²) >= 11 is 12.3. The van der Waals surface area contributed by atoms with Crippen LogP contribution in [0.5, 0.6) is 0 Å². The van der Waals surface area contributed by atoms with Crippen molar-refractivity contribution in [1.29, 1.82) is 0 Å². The average molecular weight is 529 g/mol. The van der Waals surface area contributed by atoms with Gasteiger partial charge in [0.15, 0.2) is 0 Å². The molecular formula is C24H31Cl2N3O4S. The Morgan fingerprint density at radius 3 is 2.26 bits per heavy atom. The van der Waals surface area contributed by atoms with Crippen LogP contribution in [0.1, 0.15) is 38.8 Å². The van der Waals surface area contributed by atoms with E-state index in [1.165, 1.54) is 23.1 Å². The molecule has 0 bridgehead atoms. The maximum Gasteiger partial charge on any atom is 0.244 e. The van der Waals surface area contributed by atoms with Crippen LogP contribution in [0.2, 0.25) is 10.0 Å². The van der Waals surface area contributed by atoms with Crippen LogP contribution in [0, 0.1) is 6.92 Å². The van der Waals surface area contributed by atoms with Crippen LogP contribution in [0.15, 0.2) is 42.5 Å². The van der Waals surface area contributed by atoms with Crippen molar-refractivity contribution >= 4 is 50.7 Å². The van der Waals surface area contributed by atoms with Crippen molar-refractivity contribution in [3.63, 3.8) is 0 Å². The first-order valence-corrected chi connectivity index (χ1v) is 13.3. The third-order valence-electron chi connectivity index (χ3n) is 5.12. The summed E-state index contributed by atoms with van der Waals surface area (Å²) in [5, 5.41) is 3.29. The van der Waals surface area contributed by atoms with E-state index in [4.69, 9.17) is 23.2 Å². The van der Waals surface area contributed by atoms with Crippen LogP contribution < -0.4 is 9.62 Å². The van der Waals surface area contributed by atoms with Gasteiger partial charge in [-0.1, -0.05) is 47.5 Å². The fraction of sp³-hybridized carbons (Fsp3) is 0.417. The molecule has 186 valence electrons. The number of nitrogens with zero attached hydrogens (tertiary/aromatic N) is 2. The molecular weight excluding hydrogens is 497 g/mol. The number of hydrogen-bond acceptors (Lipinski definition) is 4. The van der Waals surface area contributed by atoms with Crippen molar-refractivity contribution in [2.45, 2.75) is 52.7 Å². The third kappa shape index (κ3) is 7.61. The zero-order valence-corrected chi connectivity index (χ0v) is 22.6. The number of aryl methyl sites for hydroxylation is 1. The number of sulfonamides is 1. The molecule has 0 aliphatic heterocycles. The number of anilines is 1. The van der Waals surface area contributed by atoms with Gasteiger partial charge in [-0.15, -0.1) is 0 Å². The molecule has 2 aromatic carbocycles.